The number of aliphatic hydroxyl groups is 1. The van der Waals surface area contributed by atoms with E-state index in [1.807, 2.05) is 62.6 Å². The van der Waals surface area contributed by atoms with Gasteiger partial charge in [-0.05, 0) is 102 Å². The second-order valence-corrected chi connectivity index (χ2v) is 17.8. The van der Waals surface area contributed by atoms with Crippen LogP contribution in [0.1, 0.15) is 105 Å². The number of aromatic amines is 1. The van der Waals surface area contributed by atoms with Crippen LogP contribution in [0, 0.1) is 11.8 Å². The van der Waals surface area contributed by atoms with Gasteiger partial charge in [-0.15, -0.1) is 0 Å². The molecule has 9 rings (SSSR count). The number of aromatic nitrogens is 12. The molecule has 8 aromatic rings. The van der Waals surface area contributed by atoms with Crippen molar-refractivity contribution in [3.8, 4) is 0 Å². The summed E-state index contributed by atoms with van der Waals surface area (Å²) >= 11 is 12.3. The highest BCUT2D eigenvalue weighted by Crippen LogP contribution is 2.25. The number of hydrogen-bond donors (Lipinski definition) is 2. The van der Waals surface area contributed by atoms with Crippen LogP contribution in [-0.2, 0) is 31.0 Å². The minimum absolute atomic E-state index is 0.00569. The number of nitrogens with zero attached hydrogens (tertiary/aromatic N) is 11. The number of nitrogens with one attached hydrogen (secondary N) is 1. The maximum absolute atomic E-state index is 13.3. The number of fused-ring (bicyclic) bond motifs is 4. The zero-order chi connectivity index (χ0) is 46.1. The summed E-state index contributed by atoms with van der Waals surface area (Å²) in [4.78, 5) is 53.6. The summed E-state index contributed by atoms with van der Waals surface area (Å²) in [5.74, 6) is 2.68. The van der Waals surface area contributed by atoms with Crippen molar-refractivity contribution in [1.29, 1.82) is 0 Å². The quantitative estimate of drug-likeness (QED) is 0.119. The summed E-state index contributed by atoms with van der Waals surface area (Å²) in [6.07, 6.45) is 11.4. The summed E-state index contributed by atoms with van der Waals surface area (Å²) < 4.78 is 14.2. The normalized spacial score (nSPS) is 12.7. The first-order valence-electron chi connectivity index (χ1n) is 22.0. The van der Waals surface area contributed by atoms with Gasteiger partial charge >= 0.3 is 11.4 Å². The van der Waals surface area contributed by atoms with Gasteiger partial charge in [0.1, 0.15) is 40.3 Å². The van der Waals surface area contributed by atoms with Crippen LogP contribution in [0.15, 0.2) is 70.8 Å². The topological polar surface area (TPSA) is 181 Å². The third-order valence-electron chi connectivity index (χ3n) is 10.7. The molecule has 0 saturated carbocycles. The molecule has 8 aromatic heterocycles. The second kappa shape index (κ2) is 22.0. The molecule has 0 atom stereocenters. The molecule has 2 N–H and O–H groups in total. The van der Waals surface area contributed by atoms with Crippen LogP contribution < -0.4 is 11.4 Å². The highest BCUT2D eigenvalue weighted by molar-refractivity contribution is 6.34. The van der Waals surface area contributed by atoms with E-state index in [4.69, 9.17) is 32.9 Å². The summed E-state index contributed by atoms with van der Waals surface area (Å²) in [6, 6.07) is 11.3. The Morgan fingerprint density at radius 1 is 0.672 bits per heavy atom. The minimum Gasteiger partial charge on any atom is -0.388 e. The van der Waals surface area contributed by atoms with Gasteiger partial charge in [-0.1, -0.05) is 50.9 Å². The summed E-state index contributed by atoms with van der Waals surface area (Å²) in [7, 11) is 0. The molecular formula is C46H60Cl2N12O4. The molecule has 0 aromatic carbocycles. The van der Waals surface area contributed by atoms with Crippen molar-refractivity contribution in [1.82, 2.24) is 57.7 Å². The number of pyridine rings is 4. The van der Waals surface area contributed by atoms with Crippen LogP contribution in [0.2, 0.25) is 10.3 Å². The van der Waals surface area contributed by atoms with Crippen molar-refractivity contribution in [3.05, 3.63) is 104 Å². The van der Waals surface area contributed by atoms with E-state index in [0.29, 0.717) is 45.5 Å². The van der Waals surface area contributed by atoms with Crippen LogP contribution in [0.3, 0.4) is 0 Å². The van der Waals surface area contributed by atoms with Crippen LogP contribution >= 0.6 is 23.2 Å². The number of aliphatic hydroxyl groups excluding tert-OH is 1. The Labute approximate surface area is 382 Å². The van der Waals surface area contributed by atoms with E-state index < -0.39 is 0 Å². The van der Waals surface area contributed by atoms with Crippen molar-refractivity contribution < 1.29 is 9.84 Å². The first-order valence-corrected chi connectivity index (χ1v) is 22.8. The van der Waals surface area contributed by atoms with Gasteiger partial charge < -0.3 is 24.0 Å². The van der Waals surface area contributed by atoms with Gasteiger partial charge in [-0.3, -0.25) is 13.7 Å². The summed E-state index contributed by atoms with van der Waals surface area (Å²) in [5.41, 5.74) is 5.96. The molecule has 64 heavy (non-hydrogen) atoms. The molecule has 0 unspecified atom stereocenters. The fourth-order valence-corrected chi connectivity index (χ4v) is 7.97. The van der Waals surface area contributed by atoms with E-state index in [2.05, 4.69) is 62.2 Å². The van der Waals surface area contributed by atoms with Gasteiger partial charge in [-0.25, -0.2) is 39.5 Å². The Morgan fingerprint density at radius 2 is 1.20 bits per heavy atom. The van der Waals surface area contributed by atoms with Crippen molar-refractivity contribution >= 4 is 67.6 Å². The maximum atomic E-state index is 13.3. The lowest BCUT2D eigenvalue weighted by molar-refractivity contribution is 0.198. The molecule has 0 amide bonds. The number of halogens is 2. The standard InChI is InChI=1S/C21H25ClN6O.C12H17N3O.C9H10ClN3O.C4H8O/c1-13(2)8-11-26-17(25-15-6-5-9-24-20(15)26)12-27-18-16(7-10-23-19(18)22)28(14(3)4)21(27)29;1-9(2)5-7-15-11(8-16)14-10-4-3-6-13-12(10)15;1-5(2)13-6-3-4-11-8(10)7(6)12-9(13)14;1-2-4-5-3-1/h5-7,9-10,13-14H,8,11-12H2,1-4H3;3-4,6,9,16H,5,7-8H2,1-2H3;3-5H,1-2H3,(H,12,14);1-4H2. The predicted molar refractivity (Wildman–Crippen MR) is 254 cm³/mol. The van der Waals surface area contributed by atoms with Gasteiger partial charge in [0.2, 0.25) is 0 Å². The van der Waals surface area contributed by atoms with Gasteiger partial charge in [0, 0.05) is 63.2 Å². The smallest absolute Gasteiger partial charge is 0.329 e. The highest BCUT2D eigenvalue weighted by Gasteiger charge is 2.21. The van der Waals surface area contributed by atoms with Crippen LogP contribution in [0.25, 0.3) is 44.4 Å². The molecule has 1 fully saturated rings. The van der Waals surface area contributed by atoms with E-state index in [1.54, 1.807) is 44.6 Å². The average Bonchev–Trinajstić information content (AvgIpc) is 4.10. The predicted octanol–water partition coefficient (Wildman–Crippen LogP) is 9.00. The number of rotatable bonds is 11. The van der Waals surface area contributed by atoms with Crippen LogP contribution in [-0.4, -0.2) is 76.0 Å². The SMILES string of the molecule is C1CCOC1.CC(C)CCn1c(CO)nc2cccnc21.CC(C)CCn1c(Cn2c(=O)n(C(C)C)c3ccnc(Cl)c32)nc2cccnc21.CC(C)n1c(=O)[nH]c2c(Cl)nccc21. The Bertz CT molecular complexity index is 2890. The van der Waals surface area contributed by atoms with E-state index in [9.17, 15) is 14.7 Å². The third kappa shape index (κ3) is 11.1. The first-order chi connectivity index (χ1) is 30.7. The van der Waals surface area contributed by atoms with E-state index in [-0.39, 0.29) is 30.1 Å². The zero-order valence-electron chi connectivity index (χ0n) is 38.0. The van der Waals surface area contributed by atoms with Crippen molar-refractivity contribution in [2.45, 2.75) is 119 Å². The monoisotopic (exact) mass is 914 g/mol. The molecule has 1 aliphatic rings. The van der Waals surface area contributed by atoms with Crippen molar-refractivity contribution in [2.24, 2.45) is 11.8 Å². The molecule has 16 nitrogen and oxygen atoms in total. The summed E-state index contributed by atoms with van der Waals surface area (Å²) in [6.45, 7) is 20.6. The van der Waals surface area contributed by atoms with E-state index in [0.717, 1.165) is 78.3 Å². The van der Waals surface area contributed by atoms with Gasteiger partial charge in [0.05, 0.1) is 17.6 Å². The fraction of sp³-hybridized carbons (Fsp3) is 0.478. The lowest BCUT2D eigenvalue weighted by atomic mass is 10.1. The lowest BCUT2D eigenvalue weighted by Crippen LogP contribution is -2.27. The largest absolute Gasteiger partial charge is 0.388 e. The van der Waals surface area contributed by atoms with Crippen molar-refractivity contribution in [2.75, 3.05) is 13.2 Å². The van der Waals surface area contributed by atoms with Crippen LogP contribution in [0.4, 0.5) is 0 Å². The lowest BCUT2D eigenvalue weighted by Gasteiger charge is -2.11. The Morgan fingerprint density at radius 3 is 1.72 bits per heavy atom. The minimum atomic E-state index is -0.148. The van der Waals surface area contributed by atoms with Crippen molar-refractivity contribution in [3.63, 3.8) is 0 Å². The molecule has 0 spiro atoms. The molecule has 342 valence electrons. The average molecular weight is 916 g/mol. The molecule has 9 heterocycles. The van der Waals surface area contributed by atoms with Gasteiger partial charge in [0.25, 0.3) is 0 Å². The molecule has 1 aliphatic heterocycles. The molecule has 0 radical (unpaired) electrons. The molecule has 18 heteroatoms. The van der Waals surface area contributed by atoms with E-state index >= 15 is 0 Å². The Balaban J connectivity index is 0.000000163. The van der Waals surface area contributed by atoms with Crippen LogP contribution in [0.5, 0.6) is 0 Å². The number of aryl methyl sites for hydroxylation is 2. The Hall–Kier alpha value is -5.42. The van der Waals surface area contributed by atoms with E-state index in [1.165, 1.54) is 12.8 Å². The third-order valence-corrected chi connectivity index (χ3v) is 11.3. The Kier molecular flexibility index (Phi) is 16.5. The number of H-pyrrole nitrogens is 1. The highest BCUT2D eigenvalue weighted by atomic mass is 35.5. The molecule has 0 bridgehead atoms. The fourth-order valence-electron chi connectivity index (χ4n) is 7.52. The molecule has 1 saturated heterocycles. The maximum Gasteiger partial charge on any atom is 0.329 e. The second-order valence-electron chi connectivity index (χ2n) is 17.1. The van der Waals surface area contributed by atoms with Gasteiger partial charge in [0.15, 0.2) is 21.6 Å². The molecule has 0 aliphatic carbocycles. The number of ether oxygens (including phenoxy) is 1. The summed E-state index contributed by atoms with van der Waals surface area (Å²) in [5, 5.41) is 9.93. The molecular weight excluding hydrogens is 855 g/mol. The zero-order valence-corrected chi connectivity index (χ0v) is 39.5. The number of hydrogen-bond acceptors (Lipinski definition) is 10. The number of imidazole rings is 4. The first kappa shape index (κ1) is 48.0. The van der Waals surface area contributed by atoms with Gasteiger partial charge in [-0.2, -0.15) is 0 Å².